The number of rotatable bonds is 2. The van der Waals surface area contributed by atoms with Crippen molar-refractivity contribution < 1.29 is 4.79 Å². The molecule has 2 aliphatic rings. The van der Waals surface area contributed by atoms with Crippen LogP contribution >= 0.6 is 35.0 Å². The monoisotopic (exact) mass is 356 g/mol. The summed E-state index contributed by atoms with van der Waals surface area (Å²) >= 11 is 13.9. The lowest BCUT2D eigenvalue weighted by atomic mass is 10.0. The zero-order chi connectivity index (χ0) is 15.7. The van der Waals surface area contributed by atoms with Crippen LogP contribution in [0.5, 0.6) is 0 Å². The van der Waals surface area contributed by atoms with Crippen LogP contribution in [-0.2, 0) is 4.79 Å². The minimum absolute atomic E-state index is 0.146. The molecule has 2 atom stereocenters. The fourth-order valence-corrected chi connectivity index (χ4v) is 4.44. The first kappa shape index (κ1) is 16.2. The number of carbonyl (C=O) groups excluding carboxylic acids is 1. The van der Waals surface area contributed by atoms with Gasteiger partial charge in [-0.1, -0.05) is 35.3 Å². The van der Waals surface area contributed by atoms with Crippen LogP contribution in [0, 0.1) is 0 Å². The average molecular weight is 357 g/mol. The van der Waals surface area contributed by atoms with Crippen molar-refractivity contribution in [1.29, 1.82) is 0 Å². The Morgan fingerprint density at radius 3 is 2.95 bits per heavy atom. The summed E-state index contributed by atoms with van der Waals surface area (Å²) < 4.78 is 0. The third kappa shape index (κ3) is 3.15. The van der Waals surface area contributed by atoms with E-state index in [-0.39, 0.29) is 11.9 Å². The SMILES string of the molecule is CC1CCCCN1C(=O)C1CSC(c2cccc(Cl)c2Cl)=N1. The molecule has 2 heterocycles. The Balaban J connectivity index is 1.79. The Morgan fingerprint density at radius 1 is 1.36 bits per heavy atom. The molecule has 0 aliphatic carbocycles. The molecule has 22 heavy (non-hydrogen) atoms. The first-order valence-corrected chi connectivity index (χ1v) is 9.27. The van der Waals surface area contributed by atoms with Crippen LogP contribution in [0.4, 0.5) is 0 Å². The van der Waals surface area contributed by atoms with E-state index in [9.17, 15) is 4.79 Å². The van der Waals surface area contributed by atoms with E-state index < -0.39 is 0 Å². The predicted octanol–water partition coefficient (Wildman–Crippen LogP) is 4.26. The van der Waals surface area contributed by atoms with Crippen LogP contribution in [0.25, 0.3) is 0 Å². The number of nitrogens with zero attached hydrogens (tertiary/aromatic N) is 2. The molecule has 3 rings (SSSR count). The second-order valence-electron chi connectivity index (χ2n) is 5.74. The van der Waals surface area contributed by atoms with Crippen LogP contribution in [0.1, 0.15) is 31.7 Å². The van der Waals surface area contributed by atoms with E-state index in [1.807, 2.05) is 17.0 Å². The Labute approximate surface area is 145 Å². The van der Waals surface area contributed by atoms with Gasteiger partial charge in [-0.2, -0.15) is 0 Å². The third-order valence-electron chi connectivity index (χ3n) is 4.20. The van der Waals surface area contributed by atoms with Gasteiger partial charge in [0.05, 0.1) is 10.0 Å². The fraction of sp³-hybridized carbons (Fsp3) is 0.500. The number of piperidine rings is 1. The van der Waals surface area contributed by atoms with Crippen LogP contribution in [0.2, 0.25) is 10.0 Å². The average Bonchev–Trinajstić information content (AvgIpc) is 2.99. The van der Waals surface area contributed by atoms with Gasteiger partial charge in [0.2, 0.25) is 5.91 Å². The van der Waals surface area contributed by atoms with E-state index in [4.69, 9.17) is 23.2 Å². The van der Waals surface area contributed by atoms with Crippen molar-refractivity contribution in [3.05, 3.63) is 33.8 Å². The summed E-state index contributed by atoms with van der Waals surface area (Å²) in [6.07, 6.45) is 3.38. The maximum Gasteiger partial charge on any atom is 0.248 e. The van der Waals surface area contributed by atoms with E-state index >= 15 is 0 Å². The minimum Gasteiger partial charge on any atom is -0.338 e. The molecular formula is C16H18Cl2N2OS. The van der Waals surface area contributed by atoms with Crippen LogP contribution in [-0.4, -0.2) is 40.2 Å². The summed E-state index contributed by atoms with van der Waals surface area (Å²) in [5, 5.41) is 1.84. The standard InChI is InChI=1S/C16H18Cl2N2OS/c1-10-5-2-3-8-20(10)16(21)13-9-22-15(19-13)11-6-4-7-12(17)14(11)18/h4,6-7,10,13H,2-3,5,8-9H2,1H3. The lowest BCUT2D eigenvalue weighted by Crippen LogP contribution is -2.46. The summed E-state index contributed by atoms with van der Waals surface area (Å²) in [5.74, 6) is 0.827. The van der Waals surface area contributed by atoms with Gasteiger partial charge < -0.3 is 4.90 Å². The zero-order valence-electron chi connectivity index (χ0n) is 12.4. The number of hydrogen-bond donors (Lipinski definition) is 0. The van der Waals surface area contributed by atoms with Crippen molar-refractivity contribution in [2.24, 2.45) is 4.99 Å². The van der Waals surface area contributed by atoms with Crippen LogP contribution in [0.3, 0.4) is 0 Å². The maximum atomic E-state index is 12.7. The molecule has 1 aromatic rings. The lowest BCUT2D eigenvalue weighted by Gasteiger charge is -2.34. The van der Waals surface area contributed by atoms with E-state index in [1.54, 1.807) is 17.8 Å². The molecule has 0 bridgehead atoms. The van der Waals surface area contributed by atoms with Crippen LogP contribution in [0.15, 0.2) is 23.2 Å². The van der Waals surface area contributed by atoms with Crippen molar-refractivity contribution >= 4 is 45.9 Å². The Morgan fingerprint density at radius 2 is 2.18 bits per heavy atom. The molecule has 1 amide bonds. The van der Waals surface area contributed by atoms with Crippen molar-refractivity contribution in [2.45, 2.75) is 38.3 Å². The Hall–Kier alpha value is -0.710. The third-order valence-corrected chi connectivity index (χ3v) is 6.10. The number of benzene rings is 1. The van der Waals surface area contributed by atoms with E-state index in [1.165, 1.54) is 6.42 Å². The van der Waals surface area contributed by atoms with E-state index in [2.05, 4.69) is 11.9 Å². The van der Waals surface area contributed by atoms with Crippen molar-refractivity contribution in [3.63, 3.8) is 0 Å². The summed E-state index contributed by atoms with van der Waals surface area (Å²) in [7, 11) is 0. The van der Waals surface area contributed by atoms with Crippen molar-refractivity contribution in [2.75, 3.05) is 12.3 Å². The second kappa shape index (κ2) is 6.81. The molecule has 0 spiro atoms. The van der Waals surface area contributed by atoms with Crippen molar-refractivity contribution in [3.8, 4) is 0 Å². The van der Waals surface area contributed by atoms with Gasteiger partial charge in [-0.05, 0) is 32.3 Å². The molecule has 1 fully saturated rings. The summed E-state index contributed by atoms with van der Waals surface area (Å²) in [5.41, 5.74) is 0.821. The highest BCUT2D eigenvalue weighted by Gasteiger charge is 2.33. The maximum absolute atomic E-state index is 12.7. The summed E-state index contributed by atoms with van der Waals surface area (Å²) in [6, 6.07) is 5.53. The van der Waals surface area contributed by atoms with Crippen LogP contribution < -0.4 is 0 Å². The molecular weight excluding hydrogens is 339 g/mol. The largest absolute Gasteiger partial charge is 0.338 e. The first-order valence-electron chi connectivity index (χ1n) is 7.53. The number of likely N-dealkylation sites (tertiary alicyclic amines) is 1. The Kier molecular flexibility index (Phi) is 5.00. The van der Waals surface area contributed by atoms with Gasteiger partial charge in [-0.3, -0.25) is 9.79 Å². The van der Waals surface area contributed by atoms with E-state index in [0.29, 0.717) is 21.8 Å². The van der Waals surface area contributed by atoms with Gasteiger partial charge in [-0.15, -0.1) is 11.8 Å². The number of carbonyl (C=O) groups is 1. The molecule has 0 saturated carbocycles. The number of hydrogen-bond acceptors (Lipinski definition) is 3. The molecule has 2 aliphatic heterocycles. The predicted molar refractivity (Wildman–Crippen MR) is 94.3 cm³/mol. The summed E-state index contributed by atoms with van der Waals surface area (Å²) in [4.78, 5) is 19.3. The molecule has 0 N–H and O–H groups in total. The van der Waals surface area contributed by atoms with Gasteiger partial charge in [0.25, 0.3) is 0 Å². The highest BCUT2D eigenvalue weighted by atomic mass is 35.5. The molecule has 3 nitrogen and oxygen atoms in total. The lowest BCUT2D eigenvalue weighted by molar-refractivity contribution is -0.135. The van der Waals surface area contributed by atoms with Gasteiger partial charge in [0, 0.05) is 23.9 Å². The number of aliphatic imine (C=N–C) groups is 1. The molecule has 1 aromatic carbocycles. The zero-order valence-corrected chi connectivity index (χ0v) is 14.7. The molecule has 118 valence electrons. The second-order valence-corrected chi connectivity index (χ2v) is 7.53. The first-order chi connectivity index (χ1) is 10.6. The van der Waals surface area contributed by atoms with Gasteiger partial charge in [0.1, 0.15) is 11.1 Å². The molecule has 2 unspecified atom stereocenters. The number of amides is 1. The number of halogens is 2. The van der Waals surface area contributed by atoms with Gasteiger partial charge in [-0.25, -0.2) is 0 Å². The topological polar surface area (TPSA) is 32.7 Å². The smallest absolute Gasteiger partial charge is 0.248 e. The molecule has 0 radical (unpaired) electrons. The van der Waals surface area contributed by atoms with Gasteiger partial charge >= 0.3 is 0 Å². The van der Waals surface area contributed by atoms with E-state index in [0.717, 1.165) is 30.0 Å². The normalized spacial score (nSPS) is 25.2. The van der Waals surface area contributed by atoms with Gasteiger partial charge in [0.15, 0.2) is 0 Å². The highest BCUT2D eigenvalue weighted by Crippen LogP contribution is 2.33. The molecule has 0 aromatic heterocycles. The number of thioether (sulfide) groups is 1. The summed E-state index contributed by atoms with van der Waals surface area (Å²) in [6.45, 7) is 2.97. The van der Waals surface area contributed by atoms with Crippen molar-refractivity contribution in [1.82, 2.24) is 4.90 Å². The quantitative estimate of drug-likeness (QED) is 0.792. The molecule has 1 saturated heterocycles. The molecule has 6 heteroatoms. The fourth-order valence-electron chi connectivity index (χ4n) is 2.93. The highest BCUT2D eigenvalue weighted by molar-refractivity contribution is 8.14. The Bertz CT molecular complexity index is 620. The minimum atomic E-state index is -0.296.